The zero-order valence-electron chi connectivity index (χ0n) is 14.8. The summed E-state index contributed by atoms with van der Waals surface area (Å²) in [5, 5.41) is 13.0. The molecule has 2 N–H and O–H groups in total. The average Bonchev–Trinajstić information content (AvgIpc) is 3.08. The van der Waals surface area contributed by atoms with Crippen molar-refractivity contribution in [1.29, 1.82) is 0 Å². The highest BCUT2D eigenvalue weighted by molar-refractivity contribution is 6.06. The number of nitrogens with zero attached hydrogens (tertiary/aromatic N) is 1. The first-order chi connectivity index (χ1) is 13.1. The molecule has 0 saturated carbocycles. The highest BCUT2D eigenvalue weighted by atomic mass is 16.4. The second-order valence-corrected chi connectivity index (χ2v) is 6.51. The van der Waals surface area contributed by atoms with Gasteiger partial charge in [0.05, 0.1) is 16.8 Å². The number of carbonyl (C=O) groups is 2. The first kappa shape index (κ1) is 17.0. The predicted octanol–water partition coefficient (Wildman–Crippen LogP) is 3.78. The van der Waals surface area contributed by atoms with Crippen LogP contribution in [0.2, 0.25) is 0 Å². The Labute approximate surface area is 156 Å². The van der Waals surface area contributed by atoms with Gasteiger partial charge in [0.15, 0.2) is 0 Å². The van der Waals surface area contributed by atoms with Gasteiger partial charge in [-0.05, 0) is 53.8 Å². The molecule has 0 fully saturated rings. The summed E-state index contributed by atoms with van der Waals surface area (Å²) in [6.07, 6.45) is 3.43. The fourth-order valence-electron chi connectivity index (χ4n) is 3.60. The van der Waals surface area contributed by atoms with Crippen molar-refractivity contribution in [3.8, 4) is 0 Å². The molecule has 1 aromatic heterocycles. The molecule has 5 nitrogen and oxygen atoms in total. The van der Waals surface area contributed by atoms with Crippen molar-refractivity contribution < 1.29 is 14.7 Å². The number of pyridine rings is 1. The van der Waals surface area contributed by atoms with Crippen LogP contribution < -0.4 is 5.32 Å². The van der Waals surface area contributed by atoms with E-state index in [2.05, 4.69) is 5.32 Å². The number of carboxylic acid groups (broad SMARTS) is 1. The maximum Gasteiger partial charge on any atom is 0.336 e. The van der Waals surface area contributed by atoms with Crippen LogP contribution in [0.5, 0.6) is 0 Å². The van der Waals surface area contributed by atoms with E-state index >= 15 is 0 Å². The van der Waals surface area contributed by atoms with Gasteiger partial charge in [0.25, 0.3) is 5.91 Å². The minimum atomic E-state index is -0.916. The van der Waals surface area contributed by atoms with Crippen LogP contribution in [0.1, 0.15) is 44.0 Å². The van der Waals surface area contributed by atoms with Crippen molar-refractivity contribution in [3.63, 3.8) is 0 Å². The zero-order valence-corrected chi connectivity index (χ0v) is 14.8. The lowest BCUT2D eigenvalue weighted by Crippen LogP contribution is -2.17. The van der Waals surface area contributed by atoms with Crippen LogP contribution in [0.15, 0.2) is 48.5 Å². The SMILES string of the molecule is CNC(=O)c1ccc(/C=C2\CCc3c2nc2ccccc2c3C(=O)O)cc1. The van der Waals surface area contributed by atoms with E-state index in [1.54, 1.807) is 19.2 Å². The number of aromatic carboxylic acids is 1. The molecule has 4 rings (SSSR count). The Morgan fingerprint density at radius 1 is 1.07 bits per heavy atom. The monoisotopic (exact) mass is 358 g/mol. The second-order valence-electron chi connectivity index (χ2n) is 6.51. The van der Waals surface area contributed by atoms with Crippen molar-refractivity contribution in [2.24, 2.45) is 0 Å². The van der Waals surface area contributed by atoms with Crippen LogP contribution in [0.25, 0.3) is 22.6 Å². The fraction of sp³-hybridized carbons (Fsp3) is 0.136. The second kappa shape index (κ2) is 6.68. The standard InChI is InChI=1S/C22H18N2O3/c1-23-21(25)14-8-6-13(7-9-14)12-15-10-11-17-19(22(26)27)16-4-2-3-5-18(16)24-20(15)17/h2-9,12H,10-11H2,1H3,(H,23,25)(H,26,27)/b15-12+. The Balaban J connectivity index is 1.80. The van der Waals surface area contributed by atoms with Gasteiger partial charge in [-0.1, -0.05) is 30.3 Å². The fourth-order valence-corrected chi connectivity index (χ4v) is 3.60. The molecule has 0 bridgehead atoms. The Bertz CT molecular complexity index is 1100. The van der Waals surface area contributed by atoms with Crippen molar-refractivity contribution in [2.45, 2.75) is 12.8 Å². The third kappa shape index (κ3) is 2.97. The topological polar surface area (TPSA) is 79.3 Å². The van der Waals surface area contributed by atoms with E-state index in [1.807, 2.05) is 42.5 Å². The van der Waals surface area contributed by atoms with Crippen molar-refractivity contribution in [3.05, 3.63) is 76.5 Å². The van der Waals surface area contributed by atoms with Crippen LogP contribution in [-0.2, 0) is 6.42 Å². The predicted molar refractivity (Wildman–Crippen MR) is 105 cm³/mol. The van der Waals surface area contributed by atoms with Gasteiger partial charge in [-0.2, -0.15) is 0 Å². The molecule has 0 unspecified atom stereocenters. The Morgan fingerprint density at radius 3 is 2.52 bits per heavy atom. The number of fused-ring (bicyclic) bond motifs is 2. The van der Waals surface area contributed by atoms with Gasteiger partial charge in [0.1, 0.15) is 0 Å². The van der Waals surface area contributed by atoms with Crippen LogP contribution in [0, 0.1) is 0 Å². The summed E-state index contributed by atoms with van der Waals surface area (Å²) < 4.78 is 0. The molecule has 0 aliphatic heterocycles. The number of carboxylic acids is 1. The maximum atomic E-state index is 11.9. The number of hydrogen-bond donors (Lipinski definition) is 2. The Kier molecular flexibility index (Phi) is 4.20. The van der Waals surface area contributed by atoms with E-state index in [9.17, 15) is 14.7 Å². The third-order valence-electron chi connectivity index (χ3n) is 4.90. The Hall–Kier alpha value is -3.47. The molecule has 3 aromatic rings. The van der Waals surface area contributed by atoms with Crippen molar-refractivity contribution in [2.75, 3.05) is 7.05 Å². The molecule has 2 aromatic carbocycles. The summed E-state index contributed by atoms with van der Waals surface area (Å²) in [4.78, 5) is 28.3. The highest BCUT2D eigenvalue weighted by Gasteiger charge is 2.26. The third-order valence-corrected chi connectivity index (χ3v) is 4.90. The number of rotatable bonds is 3. The van der Waals surface area contributed by atoms with Crippen LogP contribution in [0.3, 0.4) is 0 Å². The number of allylic oxidation sites excluding steroid dienone is 1. The molecular formula is C22H18N2O3. The highest BCUT2D eigenvalue weighted by Crippen LogP contribution is 2.37. The number of carbonyl (C=O) groups excluding carboxylic acids is 1. The number of benzene rings is 2. The molecule has 1 aliphatic carbocycles. The number of aromatic nitrogens is 1. The number of hydrogen-bond acceptors (Lipinski definition) is 3. The molecule has 1 amide bonds. The summed E-state index contributed by atoms with van der Waals surface area (Å²) in [6.45, 7) is 0. The first-order valence-corrected chi connectivity index (χ1v) is 8.76. The Morgan fingerprint density at radius 2 is 1.81 bits per heavy atom. The zero-order chi connectivity index (χ0) is 19.0. The summed E-state index contributed by atoms with van der Waals surface area (Å²) in [5.41, 5.74) is 5.19. The smallest absolute Gasteiger partial charge is 0.336 e. The minimum Gasteiger partial charge on any atom is -0.478 e. The van der Waals surface area contributed by atoms with Gasteiger partial charge in [-0.25, -0.2) is 9.78 Å². The quantitative estimate of drug-likeness (QED) is 0.747. The van der Waals surface area contributed by atoms with E-state index in [0.29, 0.717) is 28.5 Å². The van der Waals surface area contributed by atoms with E-state index in [0.717, 1.165) is 28.8 Å². The van der Waals surface area contributed by atoms with E-state index < -0.39 is 5.97 Å². The number of para-hydroxylation sites is 1. The van der Waals surface area contributed by atoms with Gasteiger partial charge in [-0.3, -0.25) is 4.79 Å². The summed E-state index contributed by atoms with van der Waals surface area (Å²) >= 11 is 0. The minimum absolute atomic E-state index is 0.125. The molecule has 1 heterocycles. The lowest BCUT2D eigenvalue weighted by Gasteiger charge is -2.09. The van der Waals surface area contributed by atoms with Crippen molar-refractivity contribution >= 4 is 34.4 Å². The summed E-state index contributed by atoms with van der Waals surface area (Å²) in [7, 11) is 1.60. The van der Waals surface area contributed by atoms with Crippen LogP contribution >= 0.6 is 0 Å². The van der Waals surface area contributed by atoms with Gasteiger partial charge in [0, 0.05) is 18.0 Å². The molecule has 134 valence electrons. The van der Waals surface area contributed by atoms with Gasteiger partial charge in [0.2, 0.25) is 0 Å². The molecule has 0 radical (unpaired) electrons. The summed E-state index contributed by atoms with van der Waals surface area (Å²) in [5.74, 6) is -1.04. The number of nitrogens with one attached hydrogen (secondary N) is 1. The first-order valence-electron chi connectivity index (χ1n) is 8.76. The van der Waals surface area contributed by atoms with Gasteiger partial charge < -0.3 is 10.4 Å². The average molecular weight is 358 g/mol. The van der Waals surface area contributed by atoms with E-state index in [4.69, 9.17) is 4.98 Å². The van der Waals surface area contributed by atoms with Crippen molar-refractivity contribution in [1.82, 2.24) is 10.3 Å². The van der Waals surface area contributed by atoms with Gasteiger partial charge in [-0.15, -0.1) is 0 Å². The normalized spacial score (nSPS) is 14.3. The lowest BCUT2D eigenvalue weighted by molar-refractivity contribution is 0.0697. The molecule has 27 heavy (non-hydrogen) atoms. The molecule has 0 saturated heterocycles. The van der Waals surface area contributed by atoms with Crippen LogP contribution in [-0.4, -0.2) is 29.0 Å². The lowest BCUT2D eigenvalue weighted by atomic mass is 10.0. The number of amides is 1. The molecule has 0 atom stereocenters. The summed E-state index contributed by atoms with van der Waals surface area (Å²) in [6, 6.07) is 14.7. The largest absolute Gasteiger partial charge is 0.478 e. The van der Waals surface area contributed by atoms with Gasteiger partial charge >= 0.3 is 5.97 Å². The maximum absolute atomic E-state index is 11.9. The molecular weight excluding hydrogens is 340 g/mol. The molecule has 0 spiro atoms. The van der Waals surface area contributed by atoms with E-state index in [1.165, 1.54) is 0 Å². The van der Waals surface area contributed by atoms with Crippen LogP contribution in [0.4, 0.5) is 0 Å². The van der Waals surface area contributed by atoms with E-state index in [-0.39, 0.29) is 5.91 Å². The molecule has 1 aliphatic rings. The molecule has 5 heteroatoms.